The van der Waals surface area contributed by atoms with E-state index in [0.29, 0.717) is 3.57 Å². The fourth-order valence-corrected chi connectivity index (χ4v) is 5.73. The number of ether oxygens (including phenoxy) is 1. The molecular formula is C23H28FIN2O. The molecule has 0 aromatic carbocycles. The van der Waals surface area contributed by atoms with E-state index in [1.807, 2.05) is 40.9 Å². The zero-order valence-electron chi connectivity index (χ0n) is 16.3. The smallest absolute Gasteiger partial charge is 0.226 e. The first-order chi connectivity index (χ1) is 13.6. The average molecular weight is 494 g/mol. The summed E-state index contributed by atoms with van der Waals surface area (Å²) in [6.07, 6.45) is 15.0. The van der Waals surface area contributed by atoms with Gasteiger partial charge in [0, 0.05) is 30.1 Å². The molecule has 3 nitrogen and oxygen atoms in total. The normalized spacial score (nSPS) is 23.9. The standard InChI is InChI=1S/C23H28FIN2O/c24-21-19(25)15-18(16-27-21)7-1-3-9-22(20-8-2-6-13-26-20)12-14-28-23(17-22)10-4-5-11-23/h2,6,8,13,15-16H,1,3-5,7,9-12,14,17H2/t22-/m1/s1. The van der Waals surface area contributed by atoms with Crippen molar-refractivity contribution < 1.29 is 9.13 Å². The van der Waals surface area contributed by atoms with E-state index >= 15 is 0 Å². The molecule has 1 atom stereocenters. The van der Waals surface area contributed by atoms with E-state index in [0.717, 1.165) is 50.7 Å². The number of hydrogen-bond acceptors (Lipinski definition) is 3. The number of hydrogen-bond donors (Lipinski definition) is 0. The van der Waals surface area contributed by atoms with Gasteiger partial charge in [0.25, 0.3) is 0 Å². The fourth-order valence-electron chi connectivity index (χ4n) is 5.19. The highest BCUT2D eigenvalue weighted by Crippen LogP contribution is 2.50. The molecule has 1 aliphatic carbocycles. The molecule has 0 amide bonds. The van der Waals surface area contributed by atoms with Crippen molar-refractivity contribution in [3.63, 3.8) is 0 Å². The van der Waals surface area contributed by atoms with Gasteiger partial charge in [-0.3, -0.25) is 4.98 Å². The maximum absolute atomic E-state index is 13.4. The molecule has 0 N–H and O–H groups in total. The Morgan fingerprint density at radius 2 is 1.96 bits per heavy atom. The lowest BCUT2D eigenvalue weighted by Gasteiger charge is -2.46. The summed E-state index contributed by atoms with van der Waals surface area (Å²) in [6, 6.07) is 8.25. The second-order valence-electron chi connectivity index (χ2n) is 8.48. The molecular weight excluding hydrogens is 466 g/mol. The molecule has 28 heavy (non-hydrogen) atoms. The summed E-state index contributed by atoms with van der Waals surface area (Å²) < 4.78 is 20.3. The van der Waals surface area contributed by atoms with Crippen LogP contribution in [0.25, 0.3) is 0 Å². The van der Waals surface area contributed by atoms with Crippen LogP contribution in [0.15, 0.2) is 36.7 Å². The van der Waals surface area contributed by atoms with E-state index in [-0.39, 0.29) is 17.0 Å². The highest BCUT2D eigenvalue weighted by molar-refractivity contribution is 14.1. The Balaban J connectivity index is 1.45. The highest BCUT2D eigenvalue weighted by Gasteiger charge is 2.48. The van der Waals surface area contributed by atoms with Crippen molar-refractivity contribution >= 4 is 22.6 Å². The molecule has 1 saturated carbocycles. The lowest BCUT2D eigenvalue weighted by atomic mass is 9.67. The number of aromatic nitrogens is 2. The predicted molar refractivity (Wildman–Crippen MR) is 117 cm³/mol. The highest BCUT2D eigenvalue weighted by atomic mass is 127. The fraction of sp³-hybridized carbons (Fsp3) is 0.565. The molecule has 0 bridgehead atoms. The first kappa shape index (κ1) is 20.2. The van der Waals surface area contributed by atoms with Gasteiger partial charge in [0.05, 0.1) is 9.17 Å². The number of unbranched alkanes of at least 4 members (excludes halogenated alkanes) is 1. The minimum Gasteiger partial charge on any atom is -0.375 e. The molecule has 1 aliphatic heterocycles. The Bertz CT molecular complexity index is 794. The second-order valence-corrected chi connectivity index (χ2v) is 9.65. The number of aryl methyl sites for hydroxylation is 1. The number of rotatable bonds is 6. The van der Waals surface area contributed by atoms with Crippen molar-refractivity contribution in [2.24, 2.45) is 0 Å². The van der Waals surface area contributed by atoms with Crippen molar-refractivity contribution in [1.82, 2.24) is 9.97 Å². The van der Waals surface area contributed by atoms with Crippen LogP contribution in [0.2, 0.25) is 0 Å². The van der Waals surface area contributed by atoms with E-state index in [1.54, 1.807) is 6.20 Å². The summed E-state index contributed by atoms with van der Waals surface area (Å²) in [6.45, 7) is 0.844. The molecule has 0 radical (unpaired) electrons. The lowest BCUT2D eigenvalue weighted by Crippen LogP contribution is -2.46. The Labute approximate surface area is 180 Å². The number of pyridine rings is 2. The van der Waals surface area contributed by atoms with Gasteiger partial charge in [0.15, 0.2) is 0 Å². The van der Waals surface area contributed by atoms with E-state index in [9.17, 15) is 4.39 Å². The second kappa shape index (κ2) is 8.74. The summed E-state index contributed by atoms with van der Waals surface area (Å²) in [4.78, 5) is 8.64. The maximum atomic E-state index is 13.4. The van der Waals surface area contributed by atoms with Gasteiger partial charge in [-0.1, -0.05) is 25.3 Å². The van der Waals surface area contributed by atoms with Crippen LogP contribution >= 0.6 is 22.6 Å². The van der Waals surface area contributed by atoms with Crippen LogP contribution in [0.4, 0.5) is 4.39 Å². The Morgan fingerprint density at radius 3 is 2.71 bits per heavy atom. The van der Waals surface area contributed by atoms with Crippen LogP contribution < -0.4 is 0 Å². The SMILES string of the molecule is Fc1ncc(CCCC[C@@]2(c3ccccn3)CCOC3(CCCC3)C2)cc1I. The molecule has 0 unspecified atom stereocenters. The molecule has 5 heteroatoms. The van der Waals surface area contributed by atoms with Crippen molar-refractivity contribution in [3.05, 3.63) is 57.4 Å². The van der Waals surface area contributed by atoms with Crippen LogP contribution in [-0.2, 0) is 16.6 Å². The van der Waals surface area contributed by atoms with Crippen molar-refractivity contribution in [3.8, 4) is 0 Å². The van der Waals surface area contributed by atoms with E-state index in [2.05, 4.69) is 17.1 Å². The van der Waals surface area contributed by atoms with E-state index in [1.165, 1.54) is 31.4 Å². The Morgan fingerprint density at radius 1 is 1.11 bits per heavy atom. The Kier molecular flexibility index (Phi) is 6.30. The molecule has 2 aliphatic rings. The first-order valence-corrected chi connectivity index (χ1v) is 11.5. The summed E-state index contributed by atoms with van der Waals surface area (Å²) in [5.74, 6) is -0.373. The zero-order chi connectivity index (χ0) is 19.5. The van der Waals surface area contributed by atoms with Gasteiger partial charge in [0.1, 0.15) is 0 Å². The topological polar surface area (TPSA) is 35.0 Å². The molecule has 2 fully saturated rings. The molecule has 1 spiro atoms. The van der Waals surface area contributed by atoms with Crippen LogP contribution in [0.5, 0.6) is 0 Å². The molecule has 150 valence electrons. The summed E-state index contributed by atoms with van der Waals surface area (Å²) >= 11 is 2.01. The molecule has 3 heterocycles. The average Bonchev–Trinajstić information content (AvgIpc) is 3.16. The van der Waals surface area contributed by atoms with Crippen LogP contribution in [0.3, 0.4) is 0 Å². The molecule has 2 aromatic rings. The third kappa shape index (κ3) is 4.40. The van der Waals surface area contributed by atoms with Crippen LogP contribution in [0.1, 0.15) is 69.0 Å². The number of halogens is 2. The number of nitrogens with zero attached hydrogens (tertiary/aromatic N) is 2. The van der Waals surface area contributed by atoms with Crippen LogP contribution in [-0.4, -0.2) is 22.2 Å². The molecule has 4 rings (SSSR count). The monoisotopic (exact) mass is 494 g/mol. The zero-order valence-corrected chi connectivity index (χ0v) is 18.5. The maximum Gasteiger partial charge on any atom is 0.226 e. The minimum atomic E-state index is -0.373. The van der Waals surface area contributed by atoms with Crippen molar-refractivity contribution in [1.29, 1.82) is 0 Å². The van der Waals surface area contributed by atoms with Gasteiger partial charge in [-0.25, -0.2) is 4.98 Å². The van der Waals surface area contributed by atoms with Gasteiger partial charge in [-0.2, -0.15) is 4.39 Å². The predicted octanol–water partition coefficient (Wildman–Crippen LogP) is 5.99. The van der Waals surface area contributed by atoms with Crippen molar-refractivity contribution in [2.45, 2.75) is 75.2 Å². The van der Waals surface area contributed by atoms with Gasteiger partial charge < -0.3 is 4.74 Å². The lowest BCUT2D eigenvalue weighted by molar-refractivity contribution is -0.104. The largest absolute Gasteiger partial charge is 0.375 e. The summed E-state index contributed by atoms with van der Waals surface area (Å²) in [5, 5.41) is 0. The molecule has 1 saturated heterocycles. The molecule has 2 aromatic heterocycles. The minimum absolute atomic E-state index is 0.0762. The van der Waals surface area contributed by atoms with E-state index in [4.69, 9.17) is 9.72 Å². The summed E-state index contributed by atoms with van der Waals surface area (Å²) in [7, 11) is 0. The van der Waals surface area contributed by atoms with Crippen LogP contribution in [0, 0.1) is 9.52 Å². The van der Waals surface area contributed by atoms with Gasteiger partial charge in [-0.05, 0) is 91.3 Å². The Hall–Kier alpha value is -1.08. The first-order valence-electron chi connectivity index (χ1n) is 10.5. The third-order valence-corrected chi connectivity index (χ3v) is 7.35. The summed E-state index contributed by atoms with van der Waals surface area (Å²) in [5.41, 5.74) is 2.56. The quantitative estimate of drug-likeness (QED) is 0.281. The third-order valence-electron chi connectivity index (χ3n) is 6.60. The van der Waals surface area contributed by atoms with Crippen molar-refractivity contribution in [2.75, 3.05) is 6.61 Å². The van der Waals surface area contributed by atoms with E-state index < -0.39 is 0 Å². The van der Waals surface area contributed by atoms with Gasteiger partial charge >= 0.3 is 0 Å². The van der Waals surface area contributed by atoms with Gasteiger partial charge in [0.2, 0.25) is 5.95 Å². The van der Waals surface area contributed by atoms with Gasteiger partial charge in [-0.15, -0.1) is 0 Å².